The van der Waals surface area contributed by atoms with Crippen molar-refractivity contribution in [3.05, 3.63) is 52.8 Å². The predicted octanol–water partition coefficient (Wildman–Crippen LogP) is 4.36. The van der Waals surface area contributed by atoms with Crippen LogP contribution in [-0.2, 0) is 11.2 Å². The van der Waals surface area contributed by atoms with E-state index in [0.29, 0.717) is 28.5 Å². The Bertz CT molecular complexity index is 1060. The van der Waals surface area contributed by atoms with Gasteiger partial charge in [0.25, 0.3) is 5.78 Å². The molecule has 3 aromatic rings. The lowest BCUT2D eigenvalue weighted by Crippen LogP contribution is -2.44. The van der Waals surface area contributed by atoms with Crippen LogP contribution in [0, 0.1) is 25.7 Å². The van der Waals surface area contributed by atoms with Gasteiger partial charge in [-0.05, 0) is 43.2 Å². The fourth-order valence-electron chi connectivity index (χ4n) is 4.47. The molecule has 1 saturated carbocycles. The molecular formula is C24H31N5OS. The van der Waals surface area contributed by atoms with Gasteiger partial charge in [0, 0.05) is 23.9 Å². The molecule has 6 nitrogen and oxygen atoms in total. The number of amides is 1. The molecule has 0 radical (unpaired) electrons. The van der Waals surface area contributed by atoms with E-state index in [9.17, 15) is 4.79 Å². The Morgan fingerprint density at radius 3 is 2.71 bits per heavy atom. The number of aryl methyl sites for hydroxylation is 2. The summed E-state index contributed by atoms with van der Waals surface area (Å²) in [6, 6.07) is 10.7. The molecule has 1 N–H and O–H groups in total. The molecule has 1 fully saturated rings. The molecule has 0 bridgehead atoms. The number of benzene rings is 1. The topological polar surface area (TPSA) is 72.2 Å². The molecule has 1 aliphatic rings. The van der Waals surface area contributed by atoms with Gasteiger partial charge in [0.15, 0.2) is 0 Å². The number of carbonyl (C=O) groups excluding carboxylic acids is 1. The first-order valence-corrected chi connectivity index (χ1v) is 12.1. The summed E-state index contributed by atoms with van der Waals surface area (Å²) >= 11 is 1.37. The first-order chi connectivity index (χ1) is 14.9. The number of hydrogen-bond donors (Lipinski definition) is 1. The average Bonchev–Trinajstić information content (AvgIpc) is 3.17. The highest BCUT2D eigenvalue weighted by atomic mass is 32.2. The van der Waals surface area contributed by atoms with Crippen molar-refractivity contribution < 1.29 is 4.79 Å². The van der Waals surface area contributed by atoms with Crippen molar-refractivity contribution in [2.45, 2.75) is 64.6 Å². The third-order valence-electron chi connectivity index (χ3n) is 6.64. The van der Waals surface area contributed by atoms with Crippen molar-refractivity contribution in [3.63, 3.8) is 0 Å². The molecule has 3 atom stereocenters. The maximum Gasteiger partial charge on any atom is 0.253 e. The summed E-state index contributed by atoms with van der Waals surface area (Å²) in [4.78, 5) is 21.7. The van der Waals surface area contributed by atoms with Crippen LogP contribution in [0.25, 0.3) is 5.78 Å². The molecule has 2 aromatic heterocycles. The first kappa shape index (κ1) is 21.8. The molecule has 4 rings (SSSR count). The van der Waals surface area contributed by atoms with Crippen LogP contribution in [0.3, 0.4) is 0 Å². The van der Waals surface area contributed by atoms with Crippen LogP contribution in [0.2, 0.25) is 0 Å². The summed E-state index contributed by atoms with van der Waals surface area (Å²) in [5, 5.41) is 8.44. The zero-order valence-electron chi connectivity index (χ0n) is 18.8. The van der Waals surface area contributed by atoms with Crippen molar-refractivity contribution in [1.29, 1.82) is 0 Å². The van der Waals surface area contributed by atoms with Crippen molar-refractivity contribution in [3.8, 4) is 0 Å². The van der Waals surface area contributed by atoms with E-state index < -0.39 is 0 Å². The Kier molecular flexibility index (Phi) is 6.60. The maximum absolute atomic E-state index is 12.5. The molecule has 7 heteroatoms. The first-order valence-electron chi connectivity index (χ1n) is 11.1. The van der Waals surface area contributed by atoms with Crippen LogP contribution >= 0.6 is 11.8 Å². The van der Waals surface area contributed by atoms with Gasteiger partial charge in [0.2, 0.25) is 11.1 Å². The molecule has 0 unspecified atom stereocenters. The quantitative estimate of drug-likeness (QED) is 0.580. The van der Waals surface area contributed by atoms with E-state index >= 15 is 0 Å². The summed E-state index contributed by atoms with van der Waals surface area (Å²) in [6.45, 7) is 8.60. The third-order valence-corrected chi connectivity index (χ3v) is 7.48. The number of rotatable bonds is 6. The van der Waals surface area contributed by atoms with Crippen molar-refractivity contribution in [2.24, 2.45) is 11.8 Å². The molecule has 0 saturated heterocycles. The van der Waals surface area contributed by atoms with Crippen LogP contribution in [-0.4, -0.2) is 37.3 Å². The van der Waals surface area contributed by atoms with E-state index in [2.05, 4.69) is 65.4 Å². The van der Waals surface area contributed by atoms with Crippen LogP contribution in [0.4, 0.5) is 0 Å². The smallest absolute Gasteiger partial charge is 0.253 e. The number of fused-ring (bicyclic) bond motifs is 1. The Balaban J connectivity index is 1.44. The highest BCUT2D eigenvalue weighted by Gasteiger charge is 2.28. The van der Waals surface area contributed by atoms with E-state index in [0.717, 1.165) is 24.2 Å². The summed E-state index contributed by atoms with van der Waals surface area (Å²) < 4.78 is 1.80. The number of nitrogens with one attached hydrogen (secondary N) is 1. The maximum atomic E-state index is 12.5. The largest absolute Gasteiger partial charge is 0.352 e. The number of thioether (sulfide) groups is 1. The molecular weight excluding hydrogens is 406 g/mol. The van der Waals surface area contributed by atoms with Gasteiger partial charge in [-0.1, -0.05) is 68.8 Å². The highest BCUT2D eigenvalue weighted by Crippen LogP contribution is 2.29. The number of hydrogen-bond acceptors (Lipinski definition) is 5. The van der Waals surface area contributed by atoms with Crippen LogP contribution in [0.5, 0.6) is 0 Å². The van der Waals surface area contributed by atoms with Crippen LogP contribution in [0.1, 0.15) is 55.6 Å². The van der Waals surface area contributed by atoms with Crippen LogP contribution in [0.15, 0.2) is 35.5 Å². The minimum atomic E-state index is 0.0560. The SMILES string of the molecule is Cc1nc2nc(SCC(=O)N[C@@H]3CCC[C@@H](C)[C@@H]3C)nn2c(C)c1Cc1ccccc1. The molecule has 0 aliphatic heterocycles. The monoisotopic (exact) mass is 437 g/mol. The van der Waals surface area contributed by atoms with Crippen molar-refractivity contribution in [2.75, 3.05) is 5.75 Å². The fraction of sp³-hybridized carbons (Fsp3) is 0.500. The molecule has 31 heavy (non-hydrogen) atoms. The lowest BCUT2D eigenvalue weighted by molar-refractivity contribution is -0.120. The summed E-state index contributed by atoms with van der Waals surface area (Å²) in [5.41, 5.74) is 4.42. The van der Waals surface area contributed by atoms with Gasteiger partial charge >= 0.3 is 0 Å². The van der Waals surface area contributed by atoms with Gasteiger partial charge in [0.1, 0.15) is 0 Å². The Hall–Kier alpha value is -2.41. The minimum Gasteiger partial charge on any atom is -0.352 e. The normalized spacial score (nSPS) is 21.4. The van der Waals surface area contributed by atoms with Gasteiger partial charge in [-0.25, -0.2) is 9.50 Å². The number of nitrogens with zero attached hydrogens (tertiary/aromatic N) is 4. The molecule has 0 spiro atoms. The van der Waals surface area contributed by atoms with Crippen molar-refractivity contribution >= 4 is 23.4 Å². The average molecular weight is 438 g/mol. The number of carbonyl (C=O) groups is 1. The fourth-order valence-corrected chi connectivity index (χ4v) is 5.10. The molecule has 1 aliphatic carbocycles. The second-order valence-electron chi connectivity index (χ2n) is 8.76. The zero-order chi connectivity index (χ0) is 22.0. The molecule has 164 valence electrons. The summed E-state index contributed by atoms with van der Waals surface area (Å²) in [7, 11) is 0. The lowest BCUT2D eigenvalue weighted by atomic mass is 9.78. The number of aromatic nitrogens is 4. The minimum absolute atomic E-state index is 0.0560. The highest BCUT2D eigenvalue weighted by molar-refractivity contribution is 7.99. The van der Waals surface area contributed by atoms with Crippen LogP contribution < -0.4 is 5.32 Å². The van der Waals surface area contributed by atoms with E-state index in [-0.39, 0.29) is 11.9 Å². The van der Waals surface area contributed by atoms with E-state index in [1.165, 1.54) is 35.7 Å². The Morgan fingerprint density at radius 1 is 1.16 bits per heavy atom. The van der Waals surface area contributed by atoms with Gasteiger partial charge < -0.3 is 5.32 Å². The summed E-state index contributed by atoms with van der Waals surface area (Å²) in [6.07, 6.45) is 4.32. The van der Waals surface area contributed by atoms with Gasteiger partial charge in [-0.3, -0.25) is 4.79 Å². The molecule has 1 aromatic carbocycles. The zero-order valence-corrected chi connectivity index (χ0v) is 19.6. The third kappa shape index (κ3) is 4.92. The second kappa shape index (κ2) is 9.39. The van der Waals surface area contributed by atoms with Gasteiger partial charge in [-0.15, -0.1) is 5.10 Å². The molecule has 2 heterocycles. The standard InChI is InChI=1S/C24H31N5OS/c1-15-9-8-12-21(16(15)2)26-22(30)14-31-24-27-23-25-17(3)20(18(4)29(23)28-24)13-19-10-6-5-7-11-19/h5-7,10-11,15-16,21H,8-9,12-14H2,1-4H3,(H,26,30)/t15-,16+,21-/m1/s1. The summed E-state index contributed by atoms with van der Waals surface area (Å²) in [5.74, 6) is 2.15. The Labute approximate surface area is 188 Å². The Morgan fingerprint density at radius 2 is 1.94 bits per heavy atom. The molecule has 1 amide bonds. The van der Waals surface area contributed by atoms with E-state index in [1.54, 1.807) is 4.52 Å². The predicted molar refractivity (Wildman–Crippen MR) is 124 cm³/mol. The van der Waals surface area contributed by atoms with E-state index in [1.807, 2.05) is 13.0 Å². The van der Waals surface area contributed by atoms with Gasteiger partial charge in [-0.2, -0.15) is 4.98 Å². The van der Waals surface area contributed by atoms with Crippen molar-refractivity contribution in [1.82, 2.24) is 24.9 Å². The van der Waals surface area contributed by atoms with Gasteiger partial charge in [0.05, 0.1) is 5.75 Å². The lowest BCUT2D eigenvalue weighted by Gasteiger charge is -2.34. The second-order valence-corrected chi connectivity index (χ2v) is 9.70. The van der Waals surface area contributed by atoms with E-state index in [4.69, 9.17) is 0 Å².